The summed E-state index contributed by atoms with van der Waals surface area (Å²) in [6.07, 6.45) is 1.44. The van der Waals surface area contributed by atoms with Gasteiger partial charge < -0.3 is 10.1 Å². The Balaban J connectivity index is 1.97. The van der Waals surface area contributed by atoms with Crippen LogP contribution < -0.4 is 15.0 Å². The second kappa shape index (κ2) is 6.70. The highest BCUT2D eigenvalue weighted by atomic mass is 79.9. The van der Waals surface area contributed by atoms with E-state index in [9.17, 15) is 9.18 Å². The Morgan fingerprint density at radius 3 is 2.83 bits per heavy atom. The number of amides is 1. The van der Waals surface area contributed by atoms with Gasteiger partial charge in [0.05, 0.1) is 12.8 Å². The van der Waals surface area contributed by atoms with Crippen LogP contribution in [0, 0.1) is 5.82 Å². The summed E-state index contributed by atoms with van der Waals surface area (Å²) in [4.78, 5) is 14.0. The Morgan fingerprint density at radius 2 is 2.08 bits per heavy atom. The molecular weight excluding hydrogens is 395 g/mol. The van der Waals surface area contributed by atoms with E-state index in [-0.39, 0.29) is 22.3 Å². The molecule has 1 aliphatic heterocycles. The van der Waals surface area contributed by atoms with Crippen molar-refractivity contribution in [3.63, 3.8) is 0 Å². The van der Waals surface area contributed by atoms with E-state index >= 15 is 0 Å². The average molecular weight is 407 g/mol. The lowest BCUT2D eigenvalue weighted by molar-refractivity contribution is -0.113. The van der Waals surface area contributed by atoms with Crippen molar-refractivity contribution in [2.75, 3.05) is 12.0 Å². The number of hydrogen-bond donors (Lipinski definition) is 1. The SMILES string of the molecule is COc1cccc(N2C(=O)/C(=C/c3cc(Br)ccc3F)NC2=S)c1. The normalized spacial score (nSPS) is 15.8. The molecular formula is C17H12BrFN2O2S. The summed E-state index contributed by atoms with van der Waals surface area (Å²) >= 11 is 8.53. The van der Waals surface area contributed by atoms with Crippen LogP contribution in [0.3, 0.4) is 0 Å². The van der Waals surface area contributed by atoms with E-state index in [1.165, 1.54) is 17.0 Å². The van der Waals surface area contributed by atoms with Crippen LogP contribution in [0.4, 0.5) is 10.1 Å². The quantitative estimate of drug-likeness (QED) is 0.620. The summed E-state index contributed by atoms with van der Waals surface area (Å²) in [5.41, 5.74) is 1.07. The first-order valence-corrected chi connectivity index (χ1v) is 8.16. The lowest BCUT2D eigenvalue weighted by atomic mass is 10.1. The number of carbonyl (C=O) groups is 1. The predicted octanol–water partition coefficient (Wildman–Crippen LogP) is 3.86. The van der Waals surface area contributed by atoms with Gasteiger partial charge in [0, 0.05) is 16.1 Å². The molecule has 2 aromatic carbocycles. The molecule has 0 aromatic heterocycles. The molecule has 24 heavy (non-hydrogen) atoms. The van der Waals surface area contributed by atoms with Gasteiger partial charge in [0.1, 0.15) is 17.3 Å². The molecule has 4 nitrogen and oxygen atoms in total. The third-order valence-electron chi connectivity index (χ3n) is 3.45. The monoisotopic (exact) mass is 406 g/mol. The molecule has 0 aliphatic carbocycles. The van der Waals surface area contributed by atoms with Crippen molar-refractivity contribution in [1.29, 1.82) is 0 Å². The van der Waals surface area contributed by atoms with Crippen molar-refractivity contribution in [3.05, 3.63) is 64.0 Å². The summed E-state index contributed by atoms with van der Waals surface area (Å²) in [6, 6.07) is 11.5. The van der Waals surface area contributed by atoms with Crippen LogP contribution in [-0.2, 0) is 4.79 Å². The zero-order valence-electron chi connectivity index (χ0n) is 12.5. The van der Waals surface area contributed by atoms with Crippen molar-refractivity contribution in [2.45, 2.75) is 0 Å². The highest BCUT2D eigenvalue weighted by molar-refractivity contribution is 9.10. The maximum absolute atomic E-state index is 13.9. The highest BCUT2D eigenvalue weighted by Gasteiger charge is 2.32. The number of anilines is 1. The van der Waals surface area contributed by atoms with Crippen molar-refractivity contribution >= 4 is 50.9 Å². The summed E-state index contributed by atoms with van der Waals surface area (Å²) in [7, 11) is 1.54. The molecule has 1 heterocycles. The van der Waals surface area contributed by atoms with Crippen LogP contribution in [-0.4, -0.2) is 18.1 Å². The summed E-state index contributed by atoms with van der Waals surface area (Å²) in [5, 5.41) is 3.06. The van der Waals surface area contributed by atoms with Gasteiger partial charge in [-0.25, -0.2) is 4.39 Å². The number of carbonyl (C=O) groups excluding carboxylic acids is 1. The molecule has 1 N–H and O–H groups in total. The fourth-order valence-electron chi connectivity index (χ4n) is 2.30. The number of thiocarbonyl (C=S) groups is 1. The van der Waals surface area contributed by atoms with E-state index in [1.54, 1.807) is 43.5 Å². The van der Waals surface area contributed by atoms with Crippen LogP contribution in [0.1, 0.15) is 5.56 Å². The highest BCUT2D eigenvalue weighted by Crippen LogP contribution is 2.26. The minimum Gasteiger partial charge on any atom is -0.497 e. The van der Waals surface area contributed by atoms with E-state index in [4.69, 9.17) is 17.0 Å². The van der Waals surface area contributed by atoms with Gasteiger partial charge in [-0.3, -0.25) is 9.69 Å². The van der Waals surface area contributed by atoms with Gasteiger partial charge in [-0.05, 0) is 48.6 Å². The third-order valence-corrected chi connectivity index (χ3v) is 4.23. The molecule has 0 saturated carbocycles. The maximum atomic E-state index is 13.9. The van der Waals surface area contributed by atoms with Gasteiger partial charge in [0.15, 0.2) is 5.11 Å². The van der Waals surface area contributed by atoms with Crippen molar-refractivity contribution in [3.8, 4) is 5.75 Å². The topological polar surface area (TPSA) is 41.6 Å². The van der Waals surface area contributed by atoms with E-state index in [0.29, 0.717) is 15.9 Å². The molecule has 1 saturated heterocycles. The molecule has 0 atom stereocenters. The Kier molecular flexibility index (Phi) is 4.64. The molecule has 1 aliphatic rings. The fraction of sp³-hybridized carbons (Fsp3) is 0.0588. The molecule has 0 radical (unpaired) electrons. The van der Waals surface area contributed by atoms with Gasteiger partial charge >= 0.3 is 0 Å². The Labute approximate surface area is 152 Å². The second-order valence-electron chi connectivity index (χ2n) is 5.00. The number of benzene rings is 2. The van der Waals surface area contributed by atoms with Gasteiger partial charge in [-0.1, -0.05) is 22.0 Å². The minimum atomic E-state index is -0.425. The van der Waals surface area contributed by atoms with Crippen molar-refractivity contribution in [1.82, 2.24) is 5.32 Å². The standard InChI is InChI=1S/C17H12BrFN2O2S/c1-23-13-4-2-3-12(9-13)21-16(22)15(20-17(21)24)8-10-7-11(18)5-6-14(10)19/h2-9H,1H3,(H,20,24)/b15-8-. The Hall–Kier alpha value is -2.25. The van der Waals surface area contributed by atoms with Gasteiger partial charge in [0.25, 0.3) is 5.91 Å². The first-order chi connectivity index (χ1) is 11.5. The van der Waals surface area contributed by atoms with E-state index < -0.39 is 5.82 Å². The first-order valence-electron chi connectivity index (χ1n) is 6.96. The molecule has 2 aromatic rings. The number of nitrogens with one attached hydrogen (secondary N) is 1. The van der Waals surface area contributed by atoms with Crippen LogP contribution in [0.2, 0.25) is 0 Å². The Morgan fingerprint density at radius 1 is 1.29 bits per heavy atom. The van der Waals surface area contributed by atoms with E-state index in [0.717, 1.165) is 0 Å². The number of nitrogens with zero attached hydrogens (tertiary/aromatic N) is 1. The van der Waals surface area contributed by atoms with E-state index in [2.05, 4.69) is 21.2 Å². The number of ether oxygens (including phenoxy) is 1. The average Bonchev–Trinajstić information content (AvgIpc) is 2.85. The Bertz CT molecular complexity index is 869. The largest absolute Gasteiger partial charge is 0.497 e. The van der Waals surface area contributed by atoms with Gasteiger partial charge in [0.2, 0.25) is 0 Å². The molecule has 0 unspecified atom stereocenters. The van der Waals surface area contributed by atoms with Crippen molar-refractivity contribution in [2.24, 2.45) is 0 Å². The number of hydrogen-bond acceptors (Lipinski definition) is 3. The zero-order valence-corrected chi connectivity index (χ0v) is 14.9. The number of methoxy groups -OCH3 is 1. The molecule has 3 rings (SSSR count). The number of rotatable bonds is 3. The zero-order chi connectivity index (χ0) is 17.3. The first kappa shape index (κ1) is 16.6. The summed E-state index contributed by atoms with van der Waals surface area (Å²) < 4.78 is 19.8. The second-order valence-corrected chi connectivity index (χ2v) is 6.30. The minimum absolute atomic E-state index is 0.208. The maximum Gasteiger partial charge on any atom is 0.281 e. The van der Waals surface area contributed by atoms with Crippen LogP contribution in [0.5, 0.6) is 5.75 Å². The smallest absolute Gasteiger partial charge is 0.281 e. The molecule has 1 fully saturated rings. The lowest BCUT2D eigenvalue weighted by Gasteiger charge is -2.14. The number of halogens is 2. The molecule has 0 spiro atoms. The summed E-state index contributed by atoms with van der Waals surface area (Å²) in [5.74, 6) is -0.169. The van der Waals surface area contributed by atoms with Crippen LogP contribution in [0.15, 0.2) is 52.6 Å². The van der Waals surface area contributed by atoms with Crippen molar-refractivity contribution < 1.29 is 13.9 Å². The summed E-state index contributed by atoms with van der Waals surface area (Å²) in [6.45, 7) is 0. The van der Waals surface area contributed by atoms with Gasteiger partial charge in [-0.2, -0.15) is 0 Å². The van der Waals surface area contributed by atoms with E-state index in [1.807, 2.05) is 0 Å². The molecule has 122 valence electrons. The van der Waals surface area contributed by atoms with Gasteiger partial charge in [-0.15, -0.1) is 0 Å². The molecule has 7 heteroatoms. The third kappa shape index (κ3) is 3.18. The molecule has 1 amide bonds. The van der Waals surface area contributed by atoms with Crippen LogP contribution >= 0.6 is 28.1 Å². The molecule has 0 bridgehead atoms. The lowest BCUT2D eigenvalue weighted by Crippen LogP contribution is -2.30. The van der Waals surface area contributed by atoms with Crippen LogP contribution in [0.25, 0.3) is 6.08 Å². The predicted molar refractivity (Wildman–Crippen MR) is 98.3 cm³/mol. The fourth-order valence-corrected chi connectivity index (χ4v) is 2.98.